The van der Waals surface area contributed by atoms with E-state index in [2.05, 4.69) is 10.6 Å². The maximum atomic E-state index is 11.4. The Labute approximate surface area is 248 Å². The number of nitrogens with two attached hydrogens (primary N) is 1. The van der Waals surface area contributed by atoms with Crippen LogP contribution >= 0.6 is 12.2 Å². The molecule has 0 amide bonds. The number of carbonyl (C=O) groups is 1. The molecule has 0 aliphatic heterocycles. The Balaban J connectivity index is 0.000000251. The van der Waals surface area contributed by atoms with Gasteiger partial charge in [-0.15, -0.1) is 0 Å². The minimum absolute atomic E-state index is 0.401. The molecule has 0 radical (unpaired) electrons. The number of halogens is 3. The molecule has 5 N–H and O–H groups in total. The van der Waals surface area contributed by atoms with Crippen LogP contribution in [0.2, 0.25) is 0 Å². The first-order valence-electron chi connectivity index (χ1n) is 12.7. The molecule has 0 saturated carbocycles. The van der Waals surface area contributed by atoms with Crippen LogP contribution in [0.4, 0.5) is 13.2 Å². The Kier molecular flexibility index (Phi) is 14.0. The number of benzene rings is 2. The predicted octanol–water partition coefficient (Wildman–Crippen LogP) is 3.81. The Bertz CT molecular complexity index is 1610. The molecule has 0 aliphatic carbocycles. The third-order valence-corrected chi connectivity index (χ3v) is 5.51. The second kappa shape index (κ2) is 17.4. The molecule has 4 aromatic rings. The summed E-state index contributed by atoms with van der Waals surface area (Å²) >= 11 is 4.96. The number of rotatable bonds is 9. The van der Waals surface area contributed by atoms with Gasteiger partial charge in [-0.1, -0.05) is 24.3 Å². The topological polar surface area (TPSA) is 166 Å². The van der Waals surface area contributed by atoms with Gasteiger partial charge >= 0.3 is 23.4 Å². The molecule has 0 unspecified atom stereocenters. The highest BCUT2D eigenvalue weighted by Gasteiger charge is 2.38. The molecule has 11 nitrogen and oxygen atoms in total. The summed E-state index contributed by atoms with van der Waals surface area (Å²) in [5, 5.41) is 15.2. The highest BCUT2D eigenvalue weighted by Crippen LogP contribution is 2.24. The van der Waals surface area contributed by atoms with Crippen LogP contribution in [0.5, 0.6) is 11.5 Å². The van der Waals surface area contributed by atoms with Gasteiger partial charge in [0, 0.05) is 13.6 Å². The third kappa shape index (κ3) is 12.0. The summed E-state index contributed by atoms with van der Waals surface area (Å²) < 4.78 is 53.0. The summed E-state index contributed by atoms with van der Waals surface area (Å²) in [4.78, 5) is 31.6. The van der Waals surface area contributed by atoms with E-state index in [9.17, 15) is 22.8 Å². The molecular formula is C28H30F3N3O8S. The fourth-order valence-corrected chi connectivity index (χ4v) is 3.31. The minimum Gasteiger partial charge on any atom is -0.492 e. The number of nitrogens with one attached hydrogen (secondary N) is 2. The molecule has 232 valence electrons. The summed E-state index contributed by atoms with van der Waals surface area (Å²) in [6, 6.07) is 17.3. The molecule has 0 atom stereocenters. The first kappa shape index (κ1) is 34.6. The van der Waals surface area contributed by atoms with Crippen molar-refractivity contribution in [2.24, 2.45) is 5.73 Å². The Hall–Kier alpha value is -4.63. The van der Waals surface area contributed by atoms with Crippen molar-refractivity contribution in [1.82, 2.24) is 10.6 Å². The van der Waals surface area contributed by atoms with Gasteiger partial charge in [0.2, 0.25) is 0 Å². The van der Waals surface area contributed by atoms with E-state index in [-0.39, 0.29) is 0 Å². The van der Waals surface area contributed by atoms with Gasteiger partial charge < -0.3 is 39.8 Å². The van der Waals surface area contributed by atoms with Gasteiger partial charge in [-0.25, -0.2) is 14.4 Å². The van der Waals surface area contributed by atoms with E-state index < -0.39 is 23.4 Å². The van der Waals surface area contributed by atoms with Crippen molar-refractivity contribution in [2.45, 2.75) is 19.0 Å². The van der Waals surface area contributed by atoms with E-state index in [0.717, 1.165) is 23.6 Å². The number of alkyl halides is 3. The largest absolute Gasteiger partial charge is 0.492 e. The molecule has 2 heterocycles. The number of para-hydroxylation sites is 2. The zero-order chi connectivity index (χ0) is 31.8. The van der Waals surface area contributed by atoms with Crippen molar-refractivity contribution in [1.29, 1.82) is 0 Å². The number of thiocarbonyl (C=S) groups is 1. The molecule has 2 aromatic carbocycles. The Morgan fingerprint density at radius 3 is 1.77 bits per heavy atom. The maximum Gasteiger partial charge on any atom is 0.490 e. The average molecular weight is 626 g/mol. The predicted molar refractivity (Wildman–Crippen MR) is 158 cm³/mol. The summed E-state index contributed by atoms with van der Waals surface area (Å²) in [5.74, 6) is -1.65. The maximum absolute atomic E-state index is 11.4. The zero-order valence-corrected chi connectivity index (χ0v) is 23.8. The van der Waals surface area contributed by atoms with Crippen LogP contribution in [-0.2, 0) is 4.79 Å². The second-order valence-electron chi connectivity index (χ2n) is 8.35. The van der Waals surface area contributed by atoms with Gasteiger partial charge in [0.25, 0.3) is 0 Å². The van der Waals surface area contributed by atoms with Gasteiger partial charge in [0.1, 0.15) is 22.7 Å². The number of ether oxygens (including phenoxy) is 2. The molecule has 0 fully saturated rings. The number of fused-ring (bicyclic) bond motifs is 2. The van der Waals surface area contributed by atoms with Crippen LogP contribution in [0.3, 0.4) is 0 Å². The van der Waals surface area contributed by atoms with Gasteiger partial charge in [-0.3, -0.25) is 0 Å². The number of hydrogen-bond donors (Lipinski definition) is 4. The summed E-state index contributed by atoms with van der Waals surface area (Å²) in [6.07, 6.45) is -3.55. The van der Waals surface area contributed by atoms with Gasteiger partial charge in [-0.05, 0) is 55.9 Å². The molecule has 0 bridgehead atoms. The van der Waals surface area contributed by atoms with Crippen LogP contribution in [0.1, 0.15) is 12.8 Å². The molecule has 43 heavy (non-hydrogen) atoms. The second-order valence-corrected chi connectivity index (χ2v) is 8.76. The van der Waals surface area contributed by atoms with E-state index in [1.807, 2.05) is 36.4 Å². The van der Waals surface area contributed by atoms with E-state index >= 15 is 0 Å². The van der Waals surface area contributed by atoms with Crippen molar-refractivity contribution in [3.63, 3.8) is 0 Å². The number of carboxylic acids is 1. The molecule has 15 heteroatoms. The Morgan fingerprint density at radius 1 is 0.907 bits per heavy atom. The van der Waals surface area contributed by atoms with E-state index in [1.54, 1.807) is 19.2 Å². The highest BCUT2D eigenvalue weighted by atomic mass is 32.1. The van der Waals surface area contributed by atoms with E-state index in [0.29, 0.717) is 54.1 Å². The van der Waals surface area contributed by atoms with Crippen LogP contribution < -0.4 is 37.1 Å². The monoisotopic (exact) mass is 625 g/mol. The molecule has 0 aliphatic rings. The van der Waals surface area contributed by atoms with Crippen molar-refractivity contribution < 1.29 is 41.4 Å². The van der Waals surface area contributed by atoms with Crippen LogP contribution in [0, 0.1) is 0 Å². The zero-order valence-electron chi connectivity index (χ0n) is 22.9. The number of carboxylic acid groups (broad SMARTS) is 1. The lowest BCUT2D eigenvalue weighted by Crippen LogP contribution is -2.33. The van der Waals surface area contributed by atoms with Gasteiger partial charge in [-0.2, -0.15) is 13.2 Å². The van der Waals surface area contributed by atoms with E-state index in [4.69, 9.17) is 46.2 Å². The summed E-state index contributed by atoms with van der Waals surface area (Å²) in [7, 11) is 1.77. The van der Waals surface area contributed by atoms with E-state index in [1.165, 1.54) is 12.1 Å². The first-order valence-corrected chi connectivity index (χ1v) is 13.1. The molecule has 0 spiro atoms. The standard InChI is InChI=1S/C14H16N2O3S.C12H13NO3.C2HF3O2/c1-15-14(20)16-7-4-8-18-12-9-13(17)19-11-6-3-2-5-10(11)12;13-6-3-7-15-11-8-12(14)16-10-5-2-1-4-9(10)11;3-2(4,5)1(6)7/h2-3,5-6,9H,4,7-8H2,1H3,(H2,15,16,20);1-2,4-5,8H,3,6-7,13H2;(H,6,7). The minimum atomic E-state index is -5.08. The smallest absolute Gasteiger partial charge is 0.490 e. The number of hydrogen-bond acceptors (Lipinski definition) is 9. The highest BCUT2D eigenvalue weighted by molar-refractivity contribution is 7.80. The summed E-state index contributed by atoms with van der Waals surface area (Å²) in [6.45, 7) is 2.27. The number of aliphatic carboxylic acids is 1. The quantitative estimate of drug-likeness (QED) is 0.121. The molecule has 0 saturated heterocycles. The van der Waals surface area contributed by atoms with Crippen molar-refractivity contribution in [3.05, 3.63) is 81.5 Å². The lowest BCUT2D eigenvalue weighted by molar-refractivity contribution is -0.192. The fourth-order valence-electron chi connectivity index (χ4n) is 3.21. The normalized spacial score (nSPS) is 10.5. The van der Waals surface area contributed by atoms with Gasteiger partial charge in [0.15, 0.2) is 5.11 Å². The Morgan fingerprint density at radius 2 is 1.35 bits per heavy atom. The molecular weight excluding hydrogens is 595 g/mol. The first-order chi connectivity index (χ1) is 20.5. The SMILES string of the molecule is CNC(=S)NCCCOc1cc(=O)oc2ccccc12.NCCCOc1cc(=O)oc2ccccc12.O=C(O)C(F)(F)F. The van der Waals surface area contributed by atoms with Crippen molar-refractivity contribution in [3.8, 4) is 11.5 Å². The van der Waals surface area contributed by atoms with Crippen LogP contribution in [0.25, 0.3) is 21.9 Å². The molecule has 2 aromatic heterocycles. The molecule has 4 rings (SSSR count). The fraction of sp³-hybridized carbons (Fsp3) is 0.286. The van der Waals surface area contributed by atoms with Crippen molar-refractivity contribution in [2.75, 3.05) is 33.4 Å². The lowest BCUT2D eigenvalue weighted by Gasteiger charge is -2.09. The van der Waals surface area contributed by atoms with Crippen LogP contribution in [-0.4, -0.2) is 55.7 Å². The van der Waals surface area contributed by atoms with Gasteiger partial charge in [0.05, 0.1) is 36.1 Å². The van der Waals surface area contributed by atoms with Crippen LogP contribution in [0.15, 0.2) is 79.1 Å². The van der Waals surface area contributed by atoms with Crippen molar-refractivity contribution >= 4 is 45.2 Å². The summed E-state index contributed by atoms with van der Waals surface area (Å²) in [5.41, 5.74) is 5.64. The third-order valence-electron chi connectivity index (χ3n) is 5.16. The average Bonchev–Trinajstić information content (AvgIpc) is 2.97. The lowest BCUT2D eigenvalue weighted by atomic mass is 10.2.